The SMILES string of the molecule is COc1c(Cl)cc(N)cc1Br. The number of anilines is 1. The molecule has 1 aromatic rings. The maximum Gasteiger partial charge on any atom is 0.151 e. The number of rotatable bonds is 1. The average molecular weight is 236 g/mol. The molecule has 0 heterocycles. The van der Waals surface area contributed by atoms with Gasteiger partial charge in [0, 0.05) is 5.69 Å². The largest absolute Gasteiger partial charge is 0.494 e. The number of nitrogen functional groups attached to an aromatic ring is 1. The molecule has 0 amide bonds. The summed E-state index contributed by atoms with van der Waals surface area (Å²) in [5.41, 5.74) is 6.13. The number of halogens is 2. The highest BCUT2D eigenvalue weighted by Crippen LogP contribution is 2.34. The molecule has 0 saturated carbocycles. The second-order valence-electron chi connectivity index (χ2n) is 2.02. The molecule has 0 atom stereocenters. The van der Waals surface area contributed by atoms with Gasteiger partial charge in [0.05, 0.1) is 16.6 Å². The quantitative estimate of drug-likeness (QED) is 0.761. The van der Waals surface area contributed by atoms with Gasteiger partial charge in [0.25, 0.3) is 0 Å². The Morgan fingerprint density at radius 1 is 1.55 bits per heavy atom. The molecule has 11 heavy (non-hydrogen) atoms. The van der Waals surface area contributed by atoms with Gasteiger partial charge in [-0.25, -0.2) is 0 Å². The van der Waals surface area contributed by atoms with Gasteiger partial charge in [0.2, 0.25) is 0 Å². The average Bonchev–Trinajstić information content (AvgIpc) is 1.85. The number of hydrogen-bond acceptors (Lipinski definition) is 2. The second-order valence-corrected chi connectivity index (χ2v) is 3.28. The molecule has 60 valence electrons. The first-order valence-electron chi connectivity index (χ1n) is 2.93. The molecule has 0 saturated heterocycles. The third-order valence-corrected chi connectivity index (χ3v) is 2.09. The molecule has 0 aliphatic heterocycles. The molecule has 0 bridgehead atoms. The molecule has 0 unspecified atom stereocenters. The van der Waals surface area contributed by atoms with Crippen LogP contribution in [0.15, 0.2) is 16.6 Å². The van der Waals surface area contributed by atoms with Crippen LogP contribution in [0.2, 0.25) is 5.02 Å². The fraction of sp³-hybridized carbons (Fsp3) is 0.143. The summed E-state index contributed by atoms with van der Waals surface area (Å²) in [6, 6.07) is 3.38. The fourth-order valence-corrected chi connectivity index (χ4v) is 1.83. The van der Waals surface area contributed by atoms with Crippen molar-refractivity contribution in [2.24, 2.45) is 0 Å². The highest BCUT2D eigenvalue weighted by atomic mass is 79.9. The number of nitrogens with two attached hydrogens (primary N) is 1. The molecule has 1 rings (SSSR count). The summed E-state index contributed by atoms with van der Waals surface area (Å²) in [5, 5.41) is 0.513. The van der Waals surface area contributed by atoms with Crippen LogP contribution in [-0.2, 0) is 0 Å². The summed E-state index contributed by atoms with van der Waals surface area (Å²) < 4.78 is 5.76. The molecule has 0 aromatic heterocycles. The van der Waals surface area contributed by atoms with Gasteiger partial charge in [-0.05, 0) is 28.1 Å². The molecule has 0 spiro atoms. The number of benzene rings is 1. The first kappa shape index (κ1) is 8.68. The number of methoxy groups -OCH3 is 1. The third-order valence-electron chi connectivity index (χ3n) is 1.22. The van der Waals surface area contributed by atoms with E-state index in [-0.39, 0.29) is 0 Å². The predicted molar refractivity (Wildman–Crippen MR) is 50.1 cm³/mol. The lowest BCUT2D eigenvalue weighted by Gasteiger charge is -2.05. The van der Waals surface area contributed by atoms with Gasteiger partial charge in [-0.2, -0.15) is 0 Å². The maximum absolute atomic E-state index is 5.80. The lowest BCUT2D eigenvalue weighted by Crippen LogP contribution is -1.89. The molecule has 0 radical (unpaired) electrons. The standard InChI is InChI=1S/C7H7BrClNO/c1-11-7-5(8)2-4(10)3-6(7)9/h2-3H,10H2,1H3. The van der Waals surface area contributed by atoms with Crippen molar-refractivity contribution in [2.75, 3.05) is 12.8 Å². The van der Waals surface area contributed by atoms with E-state index in [1.54, 1.807) is 19.2 Å². The summed E-state index contributed by atoms with van der Waals surface area (Å²) in [5.74, 6) is 0.612. The Hall–Kier alpha value is -0.410. The maximum atomic E-state index is 5.80. The van der Waals surface area contributed by atoms with E-state index in [1.165, 1.54) is 0 Å². The Kier molecular flexibility index (Phi) is 2.62. The minimum absolute atomic E-state index is 0.513. The zero-order chi connectivity index (χ0) is 8.43. The molecule has 2 N–H and O–H groups in total. The molecule has 0 aliphatic rings. The van der Waals surface area contributed by atoms with Crippen LogP contribution in [0.5, 0.6) is 5.75 Å². The Labute approximate surface area is 78.4 Å². The molecule has 4 heteroatoms. The normalized spacial score (nSPS) is 9.73. The van der Waals surface area contributed by atoms with E-state index in [2.05, 4.69) is 15.9 Å². The fourth-order valence-electron chi connectivity index (χ4n) is 0.774. The van der Waals surface area contributed by atoms with Crippen LogP contribution in [0.25, 0.3) is 0 Å². The van der Waals surface area contributed by atoms with Crippen LogP contribution in [0, 0.1) is 0 Å². The van der Waals surface area contributed by atoms with Crippen molar-refractivity contribution < 1.29 is 4.74 Å². The van der Waals surface area contributed by atoms with Crippen molar-refractivity contribution >= 4 is 33.2 Å². The van der Waals surface area contributed by atoms with Crippen LogP contribution < -0.4 is 10.5 Å². The predicted octanol–water partition coefficient (Wildman–Crippen LogP) is 2.69. The summed E-state index contributed by atoms with van der Waals surface area (Å²) in [7, 11) is 1.56. The lowest BCUT2D eigenvalue weighted by molar-refractivity contribution is 0.412. The van der Waals surface area contributed by atoms with Crippen molar-refractivity contribution in [3.8, 4) is 5.75 Å². The Balaban J connectivity index is 3.25. The van der Waals surface area contributed by atoms with Gasteiger partial charge in [-0.1, -0.05) is 11.6 Å². The van der Waals surface area contributed by atoms with Crippen molar-refractivity contribution in [3.63, 3.8) is 0 Å². The molecule has 2 nitrogen and oxygen atoms in total. The van der Waals surface area contributed by atoms with Crippen LogP contribution >= 0.6 is 27.5 Å². The van der Waals surface area contributed by atoms with E-state index in [1.807, 2.05) is 0 Å². The van der Waals surface area contributed by atoms with E-state index in [9.17, 15) is 0 Å². The van der Waals surface area contributed by atoms with Crippen molar-refractivity contribution in [1.29, 1.82) is 0 Å². The summed E-state index contributed by atoms with van der Waals surface area (Å²) >= 11 is 9.07. The first-order valence-corrected chi connectivity index (χ1v) is 4.10. The molecular formula is C7H7BrClNO. The van der Waals surface area contributed by atoms with Crippen LogP contribution in [0.4, 0.5) is 5.69 Å². The lowest BCUT2D eigenvalue weighted by atomic mass is 10.3. The van der Waals surface area contributed by atoms with E-state index < -0.39 is 0 Å². The van der Waals surface area contributed by atoms with Gasteiger partial charge in [-0.15, -0.1) is 0 Å². The minimum Gasteiger partial charge on any atom is -0.494 e. The Bertz CT molecular complexity index is 254. The van der Waals surface area contributed by atoms with Crippen molar-refractivity contribution in [3.05, 3.63) is 21.6 Å². The van der Waals surface area contributed by atoms with E-state index in [4.69, 9.17) is 22.1 Å². The van der Waals surface area contributed by atoms with Gasteiger partial charge >= 0.3 is 0 Å². The van der Waals surface area contributed by atoms with Crippen molar-refractivity contribution in [1.82, 2.24) is 0 Å². The smallest absolute Gasteiger partial charge is 0.151 e. The van der Waals surface area contributed by atoms with Crippen LogP contribution in [-0.4, -0.2) is 7.11 Å². The van der Waals surface area contributed by atoms with Gasteiger partial charge in [0.15, 0.2) is 5.75 Å². The summed E-state index contributed by atoms with van der Waals surface area (Å²) in [4.78, 5) is 0. The number of ether oxygens (including phenoxy) is 1. The van der Waals surface area contributed by atoms with E-state index in [0.29, 0.717) is 16.5 Å². The summed E-state index contributed by atoms with van der Waals surface area (Å²) in [6.07, 6.45) is 0. The van der Waals surface area contributed by atoms with Crippen LogP contribution in [0.3, 0.4) is 0 Å². The highest BCUT2D eigenvalue weighted by Gasteiger charge is 2.05. The molecular weight excluding hydrogens is 229 g/mol. The van der Waals surface area contributed by atoms with Gasteiger partial charge in [0.1, 0.15) is 0 Å². The number of hydrogen-bond donors (Lipinski definition) is 1. The zero-order valence-corrected chi connectivity index (χ0v) is 8.24. The van der Waals surface area contributed by atoms with Gasteiger partial charge < -0.3 is 10.5 Å². The third kappa shape index (κ3) is 1.79. The topological polar surface area (TPSA) is 35.2 Å². The zero-order valence-electron chi connectivity index (χ0n) is 5.90. The Morgan fingerprint density at radius 3 is 2.64 bits per heavy atom. The van der Waals surface area contributed by atoms with Crippen LogP contribution in [0.1, 0.15) is 0 Å². The molecule has 1 aromatic carbocycles. The minimum atomic E-state index is 0.513. The molecule has 0 fully saturated rings. The monoisotopic (exact) mass is 235 g/mol. The van der Waals surface area contributed by atoms with Gasteiger partial charge in [-0.3, -0.25) is 0 Å². The Morgan fingerprint density at radius 2 is 2.18 bits per heavy atom. The highest BCUT2D eigenvalue weighted by molar-refractivity contribution is 9.10. The second kappa shape index (κ2) is 3.32. The van der Waals surface area contributed by atoms with Crippen molar-refractivity contribution in [2.45, 2.75) is 0 Å². The van der Waals surface area contributed by atoms with E-state index in [0.717, 1.165) is 4.47 Å². The molecule has 0 aliphatic carbocycles. The summed E-state index contributed by atoms with van der Waals surface area (Å²) in [6.45, 7) is 0. The van der Waals surface area contributed by atoms with E-state index >= 15 is 0 Å². The first-order chi connectivity index (χ1) is 5.15.